The van der Waals surface area contributed by atoms with Crippen LogP contribution < -0.4 is 5.32 Å². The molecule has 5 rings (SSSR count). The molecule has 2 aliphatic heterocycles. The molecule has 1 unspecified atom stereocenters. The van der Waals surface area contributed by atoms with Crippen molar-refractivity contribution >= 4 is 72.4 Å². The van der Waals surface area contributed by atoms with Crippen LogP contribution in [0.4, 0.5) is 0 Å². The van der Waals surface area contributed by atoms with Crippen LogP contribution >= 0.6 is 34.5 Å². The van der Waals surface area contributed by atoms with E-state index in [4.69, 9.17) is 23.2 Å². The first-order chi connectivity index (χ1) is 21.0. The maximum Gasteiger partial charge on any atom is 0.261 e. The monoisotopic (exact) mass is 678 g/mol. The lowest BCUT2D eigenvalue weighted by Crippen LogP contribution is -2.57. The molecule has 2 saturated heterocycles. The molecular weight excluding hydrogens is 643 g/mol. The summed E-state index contributed by atoms with van der Waals surface area (Å²) < 4.78 is 29.4. The molecule has 0 radical (unpaired) electrons. The lowest BCUT2D eigenvalue weighted by molar-refractivity contribution is -0.143. The van der Waals surface area contributed by atoms with Crippen LogP contribution in [0.25, 0.3) is 10.1 Å². The van der Waals surface area contributed by atoms with Crippen molar-refractivity contribution in [3.63, 3.8) is 0 Å². The predicted octanol–water partition coefficient (Wildman–Crippen LogP) is 5.27. The number of rotatable bonds is 9. The molecule has 2 aromatic carbocycles. The molecule has 1 aromatic heterocycles. The van der Waals surface area contributed by atoms with Crippen LogP contribution in [0, 0.1) is 5.92 Å². The SMILES string of the molecule is CC(CCNC(=O)c1cc2ccccc2s1)CC(=O)N1CCN(C(=O)[C@@H]2CCCCN2S(=O)(=O)c2ccc(Cl)cc2Cl)CC1. The fourth-order valence-electron chi connectivity index (χ4n) is 5.78. The minimum atomic E-state index is -4.01. The zero-order valence-electron chi connectivity index (χ0n) is 24.5. The Kier molecular flexibility index (Phi) is 10.5. The largest absolute Gasteiger partial charge is 0.351 e. The van der Waals surface area contributed by atoms with Crippen molar-refractivity contribution in [1.82, 2.24) is 19.4 Å². The number of hydrogen-bond acceptors (Lipinski definition) is 6. The minimum absolute atomic E-state index is 0.0136. The van der Waals surface area contributed by atoms with Crippen LogP contribution in [0.1, 0.15) is 48.7 Å². The third-order valence-electron chi connectivity index (χ3n) is 8.26. The van der Waals surface area contributed by atoms with Gasteiger partial charge in [0.1, 0.15) is 10.9 Å². The van der Waals surface area contributed by atoms with E-state index in [0.717, 1.165) is 16.5 Å². The number of halogens is 2. The van der Waals surface area contributed by atoms with Crippen molar-refractivity contribution < 1.29 is 22.8 Å². The Labute approximate surface area is 272 Å². The van der Waals surface area contributed by atoms with Crippen molar-refractivity contribution in [3.8, 4) is 0 Å². The lowest BCUT2D eigenvalue weighted by Gasteiger charge is -2.40. The second kappa shape index (κ2) is 14.2. The maximum atomic E-state index is 13.6. The van der Waals surface area contributed by atoms with E-state index in [9.17, 15) is 22.8 Å². The molecule has 2 aliphatic rings. The number of carbonyl (C=O) groups excluding carboxylic acids is 3. The zero-order valence-corrected chi connectivity index (χ0v) is 27.7. The van der Waals surface area contributed by atoms with Crippen LogP contribution in [0.15, 0.2) is 53.4 Å². The van der Waals surface area contributed by atoms with Gasteiger partial charge in [0.05, 0.1) is 9.90 Å². The van der Waals surface area contributed by atoms with Gasteiger partial charge in [0, 0.05) is 55.4 Å². The number of thiophene rings is 1. The summed E-state index contributed by atoms with van der Waals surface area (Å²) in [5.41, 5.74) is 0. The van der Waals surface area contributed by atoms with E-state index in [1.54, 1.807) is 9.80 Å². The highest BCUT2D eigenvalue weighted by atomic mass is 35.5. The van der Waals surface area contributed by atoms with Crippen molar-refractivity contribution in [2.24, 2.45) is 5.92 Å². The Morgan fingerprint density at radius 2 is 1.70 bits per heavy atom. The van der Waals surface area contributed by atoms with Crippen LogP contribution in [-0.2, 0) is 19.6 Å². The van der Waals surface area contributed by atoms with Crippen molar-refractivity contribution in [1.29, 1.82) is 0 Å². The lowest BCUT2D eigenvalue weighted by atomic mass is 10.0. The van der Waals surface area contributed by atoms with Gasteiger partial charge in [-0.15, -0.1) is 11.3 Å². The molecule has 2 fully saturated rings. The number of sulfonamides is 1. The highest BCUT2D eigenvalue weighted by molar-refractivity contribution is 7.89. The predicted molar refractivity (Wildman–Crippen MR) is 174 cm³/mol. The van der Waals surface area contributed by atoms with E-state index < -0.39 is 16.1 Å². The van der Waals surface area contributed by atoms with Crippen molar-refractivity contribution in [2.45, 2.75) is 50.0 Å². The highest BCUT2D eigenvalue weighted by Gasteiger charge is 2.41. The molecule has 3 amide bonds. The van der Waals surface area contributed by atoms with Crippen LogP contribution in [0.2, 0.25) is 10.0 Å². The molecule has 9 nitrogen and oxygen atoms in total. The second-order valence-corrected chi connectivity index (χ2v) is 15.2. The van der Waals surface area contributed by atoms with Crippen molar-refractivity contribution in [2.75, 3.05) is 39.3 Å². The number of amides is 3. The molecule has 0 bridgehead atoms. The van der Waals surface area contributed by atoms with Gasteiger partial charge in [0.25, 0.3) is 5.91 Å². The molecule has 2 atom stereocenters. The van der Waals surface area contributed by atoms with Crippen molar-refractivity contribution in [3.05, 3.63) is 63.5 Å². The number of nitrogens with zero attached hydrogens (tertiary/aromatic N) is 3. The average molecular weight is 680 g/mol. The average Bonchev–Trinajstić information content (AvgIpc) is 3.45. The van der Waals surface area contributed by atoms with Crippen LogP contribution in [0.5, 0.6) is 0 Å². The fraction of sp³-hybridized carbons (Fsp3) is 0.452. The number of hydrogen-bond donors (Lipinski definition) is 1. The Morgan fingerprint density at radius 3 is 2.43 bits per heavy atom. The van der Waals surface area contributed by atoms with Crippen LogP contribution in [0.3, 0.4) is 0 Å². The number of fused-ring (bicyclic) bond motifs is 1. The topological polar surface area (TPSA) is 107 Å². The van der Waals surface area contributed by atoms with Gasteiger partial charge in [0.2, 0.25) is 21.8 Å². The standard InChI is InChI=1S/C31H36Cl2N4O5S2/c1-21(11-12-34-30(39)27-19-22-6-2-3-8-26(22)43-27)18-29(38)35-14-16-36(17-15-35)31(40)25-7-4-5-13-37(25)44(41,42)28-10-9-23(32)20-24(28)33/h2-3,6,8-10,19-21,25H,4-5,7,11-18H2,1H3,(H,34,39)/t21?,25-/m0/s1. The highest BCUT2D eigenvalue weighted by Crippen LogP contribution is 2.32. The fourth-order valence-corrected chi connectivity index (χ4v) is 9.16. The summed E-state index contributed by atoms with van der Waals surface area (Å²) in [4.78, 5) is 43.2. The van der Waals surface area contributed by atoms with E-state index in [-0.39, 0.29) is 40.1 Å². The Morgan fingerprint density at radius 1 is 0.977 bits per heavy atom. The number of carbonyl (C=O) groups is 3. The summed E-state index contributed by atoms with van der Waals surface area (Å²) in [5, 5.41) is 4.37. The maximum absolute atomic E-state index is 13.6. The quantitative estimate of drug-likeness (QED) is 0.332. The Balaban J connectivity index is 1.09. The molecule has 3 heterocycles. The van der Waals surface area contributed by atoms with Gasteiger partial charge in [-0.2, -0.15) is 4.31 Å². The number of piperazine rings is 1. The normalized spacial score (nSPS) is 18.8. The third kappa shape index (κ3) is 7.39. The van der Waals surface area contributed by atoms with E-state index in [0.29, 0.717) is 68.3 Å². The summed E-state index contributed by atoms with van der Waals surface area (Å²) >= 11 is 13.7. The van der Waals surface area contributed by atoms with Gasteiger partial charge < -0.3 is 15.1 Å². The molecule has 13 heteroatoms. The molecule has 236 valence electrons. The van der Waals surface area contributed by atoms with E-state index in [2.05, 4.69) is 5.32 Å². The first-order valence-electron chi connectivity index (χ1n) is 14.8. The van der Waals surface area contributed by atoms with Gasteiger partial charge in [-0.1, -0.05) is 54.7 Å². The first kappa shape index (κ1) is 32.7. The summed E-state index contributed by atoms with van der Waals surface area (Å²) in [7, 11) is -4.01. The number of piperidine rings is 1. The summed E-state index contributed by atoms with van der Waals surface area (Å²) in [6, 6.07) is 13.2. The molecule has 3 aromatic rings. The summed E-state index contributed by atoms with van der Waals surface area (Å²) in [6.07, 6.45) is 2.86. The summed E-state index contributed by atoms with van der Waals surface area (Å²) in [5.74, 6) is -0.260. The minimum Gasteiger partial charge on any atom is -0.351 e. The van der Waals surface area contributed by atoms with E-state index in [1.165, 1.54) is 33.8 Å². The molecule has 0 saturated carbocycles. The van der Waals surface area contributed by atoms with Gasteiger partial charge >= 0.3 is 0 Å². The zero-order chi connectivity index (χ0) is 31.4. The molecular formula is C31H36Cl2N4O5S2. The molecule has 0 aliphatic carbocycles. The summed E-state index contributed by atoms with van der Waals surface area (Å²) in [6.45, 7) is 4.18. The first-order valence-corrected chi connectivity index (χ1v) is 17.9. The smallest absolute Gasteiger partial charge is 0.261 e. The third-order valence-corrected chi connectivity index (χ3v) is 12.0. The number of benzene rings is 2. The van der Waals surface area contributed by atoms with E-state index >= 15 is 0 Å². The molecule has 1 N–H and O–H groups in total. The van der Waals surface area contributed by atoms with Crippen LogP contribution in [-0.4, -0.2) is 85.6 Å². The van der Waals surface area contributed by atoms with E-state index in [1.807, 2.05) is 37.3 Å². The van der Waals surface area contributed by atoms with Gasteiger partial charge in [0.15, 0.2) is 0 Å². The Bertz CT molecular complexity index is 1610. The molecule has 44 heavy (non-hydrogen) atoms. The van der Waals surface area contributed by atoms with Gasteiger partial charge in [-0.3, -0.25) is 14.4 Å². The molecule has 0 spiro atoms. The second-order valence-electron chi connectivity index (χ2n) is 11.4. The number of nitrogens with one attached hydrogen (secondary N) is 1. The van der Waals surface area contributed by atoms with Gasteiger partial charge in [-0.05, 0) is 60.9 Å². The Hall–Kier alpha value is -2.70. The van der Waals surface area contributed by atoms with Gasteiger partial charge in [-0.25, -0.2) is 8.42 Å².